The first-order valence-corrected chi connectivity index (χ1v) is 6.98. The van der Waals surface area contributed by atoms with Crippen molar-refractivity contribution in [3.63, 3.8) is 0 Å². The monoisotopic (exact) mass is 284 g/mol. The predicted octanol–water partition coefficient (Wildman–Crippen LogP) is 1.04. The van der Waals surface area contributed by atoms with Gasteiger partial charge in [0.2, 0.25) is 0 Å². The molecule has 2 heterocycles. The molecule has 0 spiro atoms. The van der Waals surface area contributed by atoms with Gasteiger partial charge in [-0.05, 0) is 13.8 Å². The number of nitrogen functional groups attached to an aromatic ring is 1. The van der Waals surface area contributed by atoms with Crippen LogP contribution in [0.25, 0.3) is 0 Å². The van der Waals surface area contributed by atoms with E-state index in [1.54, 1.807) is 0 Å². The van der Waals surface area contributed by atoms with Crippen molar-refractivity contribution in [2.75, 3.05) is 44.5 Å². The molecule has 106 valence electrons. The van der Waals surface area contributed by atoms with E-state index in [9.17, 15) is 4.79 Å². The van der Waals surface area contributed by atoms with Crippen LogP contribution in [0.3, 0.4) is 0 Å². The molecule has 0 atom stereocenters. The summed E-state index contributed by atoms with van der Waals surface area (Å²) in [5.41, 5.74) is 5.55. The maximum atomic E-state index is 12.6. The molecular weight excluding hydrogens is 264 g/mol. The summed E-state index contributed by atoms with van der Waals surface area (Å²) >= 11 is 1.33. The average Bonchev–Trinajstić information content (AvgIpc) is 2.70. The van der Waals surface area contributed by atoms with Crippen molar-refractivity contribution in [1.29, 1.82) is 0 Å². The SMILES string of the molecule is CN(C)c1nc(N)c(C(=O)N2CCOCC2(C)C)s1. The maximum Gasteiger partial charge on any atom is 0.268 e. The van der Waals surface area contributed by atoms with E-state index in [0.29, 0.717) is 30.5 Å². The Morgan fingerprint density at radius 2 is 2.21 bits per heavy atom. The van der Waals surface area contributed by atoms with Crippen molar-refractivity contribution in [2.45, 2.75) is 19.4 Å². The summed E-state index contributed by atoms with van der Waals surface area (Å²) in [6.45, 7) is 5.68. The number of nitrogens with two attached hydrogens (primary N) is 1. The first-order valence-electron chi connectivity index (χ1n) is 6.16. The number of aromatic nitrogens is 1. The third-order valence-corrected chi connectivity index (χ3v) is 4.34. The number of rotatable bonds is 2. The summed E-state index contributed by atoms with van der Waals surface area (Å²) in [5, 5.41) is 0.743. The van der Waals surface area contributed by atoms with Crippen LogP contribution in [0.15, 0.2) is 0 Å². The smallest absolute Gasteiger partial charge is 0.268 e. The van der Waals surface area contributed by atoms with Gasteiger partial charge in [-0.25, -0.2) is 4.98 Å². The number of carbonyl (C=O) groups excluding carboxylic acids is 1. The summed E-state index contributed by atoms with van der Waals surface area (Å²) < 4.78 is 5.43. The predicted molar refractivity (Wildman–Crippen MR) is 76.8 cm³/mol. The van der Waals surface area contributed by atoms with Gasteiger partial charge in [0.15, 0.2) is 5.13 Å². The molecule has 1 fully saturated rings. The van der Waals surface area contributed by atoms with Crippen LogP contribution in [0.2, 0.25) is 0 Å². The Kier molecular flexibility index (Phi) is 3.69. The van der Waals surface area contributed by atoms with Crippen molar-refractivity contribution in [3.8, 4) is 0 Å². The van der Waals surface area contributed by atoms with Gasteiger partial charge in [0.1, 0.15) is 10.7 Å². The fourth-order valence-corrected chi connectivity index (χ4v) is 2.88. The summed E-state index contributed by atoms with van der Waals surface area (Å²) in [7, 11) is 3.76. The lowest BCUT2D eigenvalue weighted by Gasteiger charge is -2.41. The fraction of sp³-hybridized carbons (Fsp3) is 0.667. The van der Waals surface area contributed by atoms with Crippen LogP contribution in [-0.4, -0.2) is 55.2 Å². The van der Waals surface area contributed by atoms with E-state index in [0.717, 1.165) is 5.13 Å². The number of hydrogen-bond donors (Lipinski definition) is 1. The standard InChI is InChI=1S/C12H20N4O2S/c1-12(2)7-18-6-5-16(12)10(17)8-9(13)14-11(19-8)15(3)4/h5-7,13H2,1-4H3. The molecule has 2 N–H and O–H groups in total. The normalized spacial score (nSPS) is 18.4. The van der Waals surface area contributed by atoms with Gasteiger partial charge in [0, 0.05) is 20.6 Å². The number of carbonyl (C=O) groups is 1. The molecule has 1 saturated heterocycles. The maximum absolute atomic E-state index is 12.6. The van der Waals surface area contributed by atoms with E-state index in [4.69, 9.17) is 10.5 Å². The topological polar surface area (TPSA) is 71.7 Å². The third kappa shape index (κ3) is 2.66. The molecule has 0 saturated carbocycles. The number of ether oxygens (including phenoxy) is 1. The minimum absolute atomic E-state index is 0.0589. The number of hydrogen-bond acceptors (Lipinski definition) is 6. The molecule has 2 rings (SSSR count). The zero-order chi connectivity index (χ0) is 14.2. The van der Waals surface area contributed by atoms with Gasteiger partial charge in [-0.2, -0.15) is 0 Å². The first-order chi connectivity index (χ1) is 8.83. The van der Waals surface area contributed by atoms with Crippen LogP contribution < -0.4 is 10.6 Å². The molecule has 1 aromatic heterocycles. The van der Waals surface area contributed by atoms with E-state index in [2.05, 4.69) is 4.98 Å². The first kappa shape index (κ1) is 14.1. The fourth-order valence-electron chi connectivity index (χ4n) is 2.02. The van der Waals surface area contributed by atoms with Crippen molar-refractivity contribution in [3.05, 3.63) is 4.88 Å². The molecule has 6 nitrogen and oxygen atoms in total. The Hall–Kier alpha value is -1.34. The van der Waals surface area contributed by atoms with Gasteiger partial charge in [0.25, 0.3) is 5.91 Å². The van der Waals surface area contributed by atoms with E-state index < -0.39 is 0 Å². The van der Waals surface area contributed by atoms with Gasteiger partial charge in [-0.1, -0.05) is 11.3 Å². The summed E-state index contributed by atoms with van der Waals surface area (Å²) in [6, 6.07) is 0. The van der Waals surface area contributed by atoms with Crippen LogP contribution >= 0.6 is 11.3 Å². The molecule has 1 aliphatic rings. The van der Waals surface area contributed by atoms with Crippen LogP contribution in [-0.2, 0) is 4.74 Å². The lowest BCUT2D eigenvalue weighted by Crippen LogP contribution is -2.55. The van der Waals surface area contributed by atoms with Crippen molar-refractivity contribution in [1.82, 2.24) is 9.88 Å². The molecule has 0 unspecified atom stereocenters. The van der Waals surface area contributed by atoms with Gasteiger partial charge >= 0.3 is 0 Å². The Labute approximate surface area is 117 Å². The van der Waals surface area contributed by atoms with E-state index in [-0.39, 0.29) is 11.4 Å². The quantitative estimate of drug-likeness (QED) is 0.878. The zero-order valence-corrected chi connectivity index (χ0v) is 12.6. The number of nitrogens with zero attached hydrogens (tertiary/aromatic N) is 3. The molecule has 1 aliphatic heterocycles. The Balaban J connectivity index is 2.28. The number of morpholine rings is 1. The third-order valence-electron chi connectivity index (χ3n) is 3.11. The number of amides is 1. The molecule has 1 amide bonds. The highest BCUT2D eigenvalue weighted by molar-refractivity contribution is 7.18. The summed E-state index contributed by atoms with van der Waals surface area (Å²) in [4.78, 5) is 21.0. The Morgan fingerprint density at radius 1 is 1.53 bits per heavy atom. The Morgan fingerprint density at radius 3 is 2.74 bits per heavy atom. The van der Waals surface area contributed by atoms with Crippen LogP contribution in [0.1, 0.15) is 23.5 Å². The number of anilines is 2. The lowest BCUT2D eigenvalue weighted by atomic mass is 10.0. The van der Waals surface area contributed by atoms with Crippen LogP contribution in [0.4, 0.5) is 10.9 Å². The van der Waals surface area contributed by atoms with E-state index in [1.165, 1.54) is 11.3 Å². The highest BCUT2D eigenvalue weighted by Gasteiger charge is 2.36. The van der Waals surface area contributed by atoms with Crippen molar-refractivity contribution >= 4 is 28.2 Å². The van der Waals surface area contributed by atoms with Crippen molar-refractivity contribution in [2.24, 2.45) is 0 Å². The molecule has 0 bridgehead atoms. The summed E-state index contributed by atoms with van der Waals surface area (Å²) in [5.74, 6) is 0.248. The average molecular weight is 284 g/mol. The number of thiazole rings is 1. The van der Waals surface area contributed by atoms with Gasteiger partial charge in [-0.3, -0.25) is 4.79 Å². The van der Waals surface area contributed by atoms with Gasteiger partial charge < -0.3 is 20.3 Å². The molecule has 1 aromatic rings. The largest absolute Gasteiger partial charge is 0.382 e. The van der Waals surface area contributed by atoms with Crippen molar-refractivity contribution < 1.29 is 9.53 Å². The Bertz CT molecular complexity index is 484. The highest BCUT2D eigenvalue weighted by Crippen LogP contribution is 2.30. The molecule has 19 heavy (non-hydrogen) atoms. The van der Waals surface area contributed by atoms with Gasteiger partial charge in [-0.15, -0.1) is 0 Å². The second-order valence-electron chi connectivity index (χ2n) is 5.43. The van der Waals surface area contributed by atoms with E-state index >= 15 is 0 Å². The minimum Gasteiger partial charge on any atom is -0.382 e. The molecular formula is C12H20N4O2S. The van der Waals surface area contributed by atoms with Crippen LogP contribution in [0.5, 0.6) is 0 Å². The van der Waals surface area contributed by atoms with Crippen LogP contribution in [0, 0.1) is 0 Å². The minimum atomic E-state index is -0.315. The van der Waals surface area contributed by atoms with Gasteiger partial charge in [0.05, 0.1) is 18.8 Å². The second kappa shape index (κ2) is 4.97. The molecule has 0 aromatic carbocycles. The highest BCUT2D eigenvalue weighted by atomic mass is 32.1. The molecule has 7 heteroatoms. The second-order valence-corrected chi connectivity index (χ2v) is 6.40. The lowest BCUT2D eigenvalue weighted by molar-refractivity contribution is -0.0368. The zero-order valence-electron chi connectivity index (χ0n) is 11.8. The summed E-state index contributed by atoms with van der Waals surface area (Å²) in [6.07, 6.45) is 0. The van der Waals surface area contributed by atoms with E-state index in [1.807, 2.05) is 37.7 Å². The molecule has 0 radical (unpaired) electrons. The molecule has 0 aliphatic carbocycles.